The van der Waals surface area contributed by atoms with Gasteiger partial charge >= 0.3 is 0 Å². The van der Waals surface area contributed by atoms with Crippen molar-refractivity contribution < 1.29 is 9.53 Å². The van der Waals surface area contributed by atoms with E-state index in [1.807, 2.05) is 54.8 Å². The third-order valence-electron chi connectivity index (χ3n) is 5.64. The molecule has 1 unspecified atom stereocenters. The van der Waals surface area contributed by atoms with Crippen LogP contribution in [-0.4, -0.2) is 42.4 Å². The van der Waals surface area contributed by atoms with Gasteiger partial charge in [-0.15, -0.1) is 0 Å². The van der Waals surface area contributed by atoms with E-state index >= 15 is 0 Å². The molecule has 3 heterocycles. The molecular weight excluding hydrogens is 408 g/mol. The third-order valence-corrected chi connectivity index (χ3v) is 6.90. The van der Waals surface area contributed by atoms with Crippen LogP contribution in [-0.2, 0) is 14.9 Å². The first kappa shape index (κ1) is 20.2. The van der Waals surface area contributed by atoms with Crippen molar-refractivity contribution in [3.63, 3.8) is 0 Å². The fourth-order valence-electron chi connectivity index (χ4n) is 3.92. The van der Waals surface area contributed by atoms with Crippen LogP contribution < -0.4 is 5.73 Å². The second-order valence-corrected chi connectivity index (χ2v) is 8.90. The van der Waals surface area contributed by atoms with Crippen LogP contribution in [0.4, 0.5) is 0 Å². The lowest BCUT2D eigenvalue weighted by Gasteiger charge is -2.34. The molecule has 0 saturated carbocycles. The molecule has 6 nitrogen and oxygen atoms in total. The number of nitrogens with two attached hydrogens (primary N) is 1. The van der Waals surface area contributed by atoms with Crippen LogP contribution in [0.15, 0.2) is 51.4 Å². The highest BCUT2D eigenvalue weighted by Crippen LogP contribution is 2.39. The van der Waals surface area contributed by atoms with E-state index in [9.17, 15) is 4.79 Å². The number of carbonyl (C=O) groups excluding carboxylic acids is 1. The van der Waals surface area contributed by atoms with E-state index in [-0.39, 0.29) is 11.9 Å². The Morgan fingerprint density at radius 1 is 1.31 bits per heavy atom. The molecular formula is C21H23ClN4O2S. The Morgan fingerprint density at radius 2 is 2.10 bits per heavy atom. The molecule has 2 aliphatic rings. The minimum absolute atomic E-state index is 0.0776. The smallest absolute Gasteiger partial charge is 0.228 e. The molecule has 2 aromatic rings. The second kappa shape index (κ2) is 8.34. The lowest BCUT2D eigenvalue weighted by molar-refractivity contribution is -0.127. The Bertz CT molecular complexity index is 946. The topological polar surface area (TPSA) is 80.8 Å². The summed E-state index contributed by atoms with van der Waals surface area (Å²) in [5.74, 6) is -0.292. The first-order valence-electron chi connectivity index (χ1n) is 9.56. The lowest BCUT2D eigenvalue weighted by Crippen LogP contribution is -2.45. The van der Waals surface area contributed by atoms with Crippen molar-refractivity contribution >= 4 is 35.5 Å². The minimum atomic E-state index is -0.665. The number of hydrazone groups is 1. The molecule has 1 amide bonds. The van der Waals surface area contributed by atoms with E-state index in [2.05, 4.69) is 10.1 Å². The van der Waals surface area contributed by atoms with Gasteiger partial charge in [0.05, 0.1) is 22.2 Å². The first-order chi connectivity index (χ1) is 14.0. The molecule has 0 aliphatic carbocycles. The third kappa shape index (κ3) is 3.99. The number of primary amides is 1. The van der Waals surface area contributed by atoms with Gasteiger partial charge in [0.2, 0.25) is 5.91 Å². The van der Waals surface area contributed by atoms with Gasteiger partial charge < -0.3 is 10.5 Å². The number of amides is 1. The molecule has 1 aromatic heterocycles. The summed E-state index contributed by atoms with van der Waals surface area (Å²) >= 11 is 8.09. The van der Waals surface area contributed by atoms with Crippen LogP contribution >= 0.6 is 23.4 Å². The monoisotopic (exact) mass is 430 g/mol. The van der Waals surface area contributed by atoms with Crippen molar-refractivity contribution in [1.29, 1.82) is 0 Å². The lowest BCUT2D eigenvalue weighted by atomic mass is 9.73. The summed E-state index contributed by atoms with van der Waals surface area (Å²) in [7, 11) is 1.92. The summed E-state index contributed by atoms with van der Waals surface area (Å²) in [4.78, 5) is 18.9. The minimum Gasteiger partial charge on any atom is -0.381 e. The Balaban J connectivity index is 1.57. The van der Waals surface area contributed by atoms with Crippen LogP contribution in [0.3, 0.4) is 0 Å². The Morgan fingerprint density at radius 3 is 2.76 bits per heavy atom. The average molecular weight is 431 g/mol. The highest BCUT2D eigenvalue weighted by Gasteiger charge is 2.40. The van der Waals surface area contributed by atoms with E-state index in [4.69, 9.17) is 22.1 Å². The number of nitrogens with zero attached hydrogens (tertiary/aromatic N) is 3. The summed E-state index contributed by atoms with van der Waals surface area (Å²) in [6, 6.07) is 10.0. The number of hydrogen-bond donors (Lipinski definition) is 1. The molecule has 1 aromatic carbocycles. The predicted molar refractivity (Wildman–Crippen MR) is 114 cm³/mol. The highest BCUT2D eigenvalue weighted by molar-refractivity contribution is 7.99. The largest absolute Gasteiger partial charge is 0.381 e. The second-order valence-electron chi connectivity index (χ2n) is 7.35. The summed E-state index contributed by atoms with van der Waals surface area (Å²) in [6.45, 7) is 1.08. The zero-order chi connectivity index (χ0) is 20.4. The fourth-order valence-corrected chi connectivity index (χ4v) is 5.16. The van der Waals surface area contributed by atoms with Crippen molar-refractivity contribution in [3.05, 3.63) is 52.8 Å². The number of hydrogen-bond acceptors (Lipinski definition) is 6. The highest BCUT2D eigenvalue weighted by atomic mass is 35.5. The van der Waals surface area contributed by atoms with Crippen LogP contribution in [0.2, 0.25) is 5.02 Å². The van der Waals surface area contributed by atoms with Crippen molar-refractivity contribution in [3.8, 4) is 0 Å². The Hall–Kier alpha value is -2.09. The normalized spacial score (nSPS) is 20.8. The van der Waals surface area contributed by atoms with Gasteiger partial charge in [0, 0.05) is 48.9 Å². The van der Waals surface area contributed by atoms with Crippen molar-refractivity contribution in [2.24, 2.45) is 10.8 Å². The molecule has 0 bridgehead atoms. The number of halogens is 1. The summed E-state index contributed by atoms with van der Waals surface area (Å²) in [6.07, 6.45) is 5.73. The first-order valence-corrected chi connectivity index (χ1v) is 10.8. The number of rotatable bonds is 5. The quantitative estimate of drug-likeness (QED) is 0.780. The van der Waals surface area contributed by atoms with Crippen LogP contribution in [0.1, 0.15) is 36.6 Å². The number of ether oxygens (including phenoxy) is 1. The number of aromatic nitrogens is 1. The van der Waals surface area contributed by atoms with Crippen LogP contribution in [0, 0.1) is 0 Å². The molecule has 4 rings (SSSR count). The molecule has 1 atom stereocenters. The van der Waals surface area contributed by atoms with E-state index in [1.165, 1.54) is 0 Å². The van der Waals surface area contributed by atoms with Gasteiger partial charge in [-0.1, -0.05) is 35.5 Å². The average Bonchev–Trinajstić information content (AvgIpc) is 3.14. The van der Waals surface area contributed by atoms with Gasteiger partial charge in [-0.25, -0.2) is 0 Å². The van der Waals surface area contributed by atoms with Crippen molar-refractivity contribution in [1.82, 2.24) is 9.99 Å². The van der Waals surface area contributed by atoms with Gasteiger partial charge in [-0.3, -0.25) is 14.8 Å². The molecule has 1 fully saturated rings. The molecule has 0 radical (unpaired) electrons. The Labute approximate surface area is 179 Å². The molecule has 1 saturated heterocycles. The van der Waals surface area contributed by atoms with Crippen molar-refractivity contribution in [2.75, 3.05) is 20.3 Å². The van der Waals surface area contributed by atoms with Crippen molar-refractivity contribution in [2.45, 2.75) is 40.5 Å². The van der Waals surface area contributed by atoms with Gasteiger partial charge in [0.1, 0.15) is 0 Å². The standard InChI is InChI=1S/C21H23ClN4O2S/c1-26-18(5-8-25-26)19-17(22)12-16(13-24-19)29-15-4-2-3-14(11-15)21(20(23)27)6-9-28-10-7-21/h2-4,8,11-13,18H,5-7,9-10H2,1H3,(H2,23,27). The molecule has 2 aliphatic heterocycles. The van der Waals surface area contributed by atoms with E-state index in [0.717, 1.165) is 27.5 Å². The van der Waals surface area contributed by atoms with Gasteiger partial charge in [0.15, 0.2) is 0 Å². The maximum absolute atomic E-state index is 12.3. The van der Waals surface area contributed by atoms with Gasteiger partial charge in [-0.05, 0) is 36.6 Å². The zero-order valence-corrected chi connectivity index (χ0v) is 17.7. The fraction of sp³-hybridized carbons (Fsp3) is 0.381. The molecule has 2 N–H and O–H groups in total. The number of pyridine rings is 1. The van der Waals surface area contributed by atoms with E-state index in [0.29, 0.717) is 31.1 Å². The maximum Gasteiger partial charge on any atom is 0.228 e. The number of benzene rings is 1. The predicted octanol–water partition coefficient (Wildman–Crippen LogP) is 3.78. The summed E-state index contributed by atoms with van der Waals surface area (Å²) < 4.78 is 5.45. The molecule has 0 spiro atoms. The maximum atomic E-state index is 12.3. The van der Waals surface area contributed by atoms with Crippen LogP contribution in [0.25, 0.3) is 0 Å². The molecule has 29 heavy (non-hydrogen) atoms. The van der Waals surface area contributed by atoms with E-state index < -0.39 is 5.41 Å². The Kier molecular flexibility index (Phi) is 5.81. The zero-order valence-electron chi connectivity index (χ0n) is 16.2. The summed E-state index contributed by atoms with van der Waals surface area (Å²) in [5.41, 5.74) is 6.91. The molecule has 8 heteroatoms. The van der Waals surface area contributed by atoms with Crippen LogP contribution in [0.5, 0.6) is 0 Å². The number of carbonyl (C=O) groups is 1. The molecule has 152 valence electrons. The summed E-state index contributed by atoms with van der Waals surface area (Å²) in [5, 5.41) is 6.77. The van der Waals surface area contributed by atoms with Gasteiger partial charge in [-0.2, -0.15) is 5.10 Å². The van der Waals surface area contributed by atoms with E-state index in [1.54, 1.807) is 11.8 Å². The SMILES string of the molecule is CN1N=CCC1c1ncc(Sc2cccc(C3(C(N)=O)CCOCC3)c2)cc1Cl. The van der Waals surface area contributed by atoms with Gasteiger partial charge in [0.25, 0.3) is 0 Å².